The molecule has 0 unspecified atom stereocenters. The van der Waals surface area contributed by atoms with Crippen molar-refractivity contribution in [2.75, 3.05) is 44.3 Å². The minimum Gasteiger partial charge on any atom is -0.379 e. The highest BCUT2D eigenvalue weighted by molar-refractivity contribution is 7.92. The van der Waals surface area contributed by atoms with E-state index in [1.54, 1.807) is 43.0 Å². The molecular formula is C25H31N3O4S2. The number of thiazole rings is 1. The van der Waals surface area contributed by atoms with Crippen molar-refractivity contribution >= 4 is 42.4 Å². The van der Waals surface area contributed by atoms with Gasteiger partial charge >= 0.3 is 0 Å². The number of fused-ring (bicyclic) bond motifs is 1. The molecule has 0 spiro atoms. The number of hydrogen-bond acceptors (Lipinski definition) is 7. The number of aromatic nitrogens is 1. The zero-order valence-corrected chi connectivity index (χ0v) is 21.3. The molecule has 34 heavy (non-hydrogen) atoms. The summed E-state index contributed by atoms with van der Waals surface area (Å²) in [7, 11) is -3.34. The second-order valence-corrected chi connectivity index (χ2v) is 12.2. The Kier molecular flexibility index (Phi) is 7.98. The first-order valence-corrected chi connectivity index (χ1v) is 14.0. The summed E-state index contributed by atoms with van der Waals surface area (Å²) in [5.74, 6) is -0.0412. The monoisotopic (exact) mass is 501 g/mol. The van der Waals surface area contributed by atoms with Crippen LogP contribution in [0.4, 0.5) is 5.13 Å². The smallest absolute Gasteiger partial charge is 0.233 e. The lowest BCUT2D eigenvalue weighted by molar-refractivity contribution is -0.118. The molecule has 1 aliphatic heterocycles. The molecule has 1 amide bonds. The third-order valence-corrected chi connectivity index (χ3v) is 9.23. The fourth-order valence-corrected chi connectivity index (χ4v) is 5.99. The van der Waals surface area contributed by atoms with Crippen molar-refractivity contribution in [3.05, 3.63) is 54.1 Å². The molecule has 0 N–H and O–H groups in total. The molecule has 182 valence electrons. The third-order valence-electron chi connectivity index (χ3n) is 6.00. The van der Waals surface area contributed by atoms with E-state index in [0.29, 0.717) is 11.7 Å². The van der Waals surface area contributed by atoms with Crippen LogP contribution >= 0.6 is 11.3 Å². The van der Waals surface area contributed by atoms with Crippen LogP contribution in [-0.2, 0) is 25.8 Å². The van der Waals surface area contributed by atoms with Crippen LogP contribution in [0.15, 0.2) is 53.4 Å². The van der Waals surface area contributed by atoms with Gasteiger partial charge < -0.3 is 4.74 Å². The minimum atomic E-state index is -3.34. The average Bonchev–Trinajstić information content (AvgIpc) is 3.26. The van der Waals surface area contributed by atoms with Crippen LogP contribution < -0.4 is 4.90 Å². The van der Waals surface area contributed by atoms with E-state index < -0.39 is 15.1 Å². The van der Waals surface area contributed by atoms with E-state index in [1.807, 2.05) is 24.3 Å². The lowest BCUT2D eigenvalue weighted by Gasteiger charge is -2.27. The highest BCUT2D eigenvalue weighted by atomic mass is 32.2. The fourth-order valence-electron chi connectivity index (χ4n) is 3.92. The highest BCUT2D eigenvalue weighted by Crippen LogP contribution is 2.29. The maximum absolute atomic E-state index is 13.4. The van der Waals surface area contributed by atoms with Gasteiger partial charge in [0.25, 0.3) is 0 Å². The number of benzene rings is 2. The highest BCUT2D eigenvalue weighted by Gasteiger charge is 2.22. The Hall–Kier alpha value is -2.33. The Morgan fingerprint density at radius 1 is 1.12 bits per heavy atom. The topological polar surface area (TPSA) is 79.8 Å². The molecule has 0 aliphatic carbocycles. The maximum Gasteiger partial charge on any atom is 0.233 e. The van der Waals surface area contributed by atoms with Crippen molar-refractivity contribution in [3.8, 4) is 0 Å². The zero-order chi connectivity index (χ0) is 24.1. The molecule has 9 heteroatoms. The zero-order valence-electron chi connectivity index (χ0n) is 19.6. The predicted molar refractivity (Wildman–Crippen MR) is 136 cm³/mol. The summed E-state index contributed by atoms with van der Waals surface area (Å²) < 4.78 is 31.3. The molecule has 1 saturated heterocycles. The summed E-state index contributed by atoms with van der Waals surface area (Å²) in [6.07, 6.45) is 1.03. The van der Waals surface area contributed by atoms with E-state index >= 15 is 0 Å². The van der Waals surface area contributed by atoms with Gasteiger partial charge in [0.05, 0.1) is 40.0 Å². The van der Waals surface area contributed by atoms with E-state index in [1.165, 1.54) is 11.3 Å². The molecule has 1 aliphatic rings. The van der Waals surface area contributed by atoms with E-state index in [0.717, 1.165) is 55.0 Å². The molecule has 1 fully saturated rings. The Morgan fingerprint density at radius 2 is 1.82 bits per heavy atom. The summed E-state index contributed by atoms with van der Waals surface area (Å²) >= 11 is 1.52. The fraction of sp³-hybridized carbons (Fsp3) is 0.440. The molecule has 2 aromatic carbocycles. The minimum absolute atomic E-state index is 0.0412. The van der Waals surface area contributed by atoms with Crippen molar-refractivity contribution in [1.82, 2.24) is 9.88 Å². The van der Waals surface area contributed by atoms with Crippen LogP contribution in [0.5, 0.6) is 0 Å². The number of anilines is 1. The van der Waals surface area contributed by atoms with Crippen molar-refractivity contribution in [2.24, 2.45) is 0 Å². The number of hydrogen-bond donors (Lipinski definition) is 0. The molecule has 3 aromatic rings. The Morgan fingerprint density at radius 3 is 2.50 bits per heavy atom. The molecule has 7 nitrogen and oxygen atoms in total. The van der Waals surface area contributed by atoms with E-state index in [4.69, 9.17) is 9.72 Å². The van der Waals surface area contributed by atoms with Gasteiger partial charge in [-0.2, -0.15) is 0 Å². The number of sulfone groups is 1. The van der Waals surface area contributed by atoms with Crippen LogP contribution in [-0.4, -0.2) is 68.9 Å². The molecule has 0 radical (unpaired) electrons. The van der Waals surface area contributed by atoms with E-state index in [-0.39, 0.29) is 17.2 Å². The van der Waals surface area contributed by atoms with Crippen LogP contribution in [0.3, 0.4) is 0 Å². The van der Waals surface area contributed by atoms with Gasteiger partial charge in [0.15, 0.2) is 15.0 Å². The normalized spacial score (nSPS) is 15.1. The number of carbonyl (C=O) groups excluding carboxylic acids is 1. The third kappa shape index (κ3) is 5.83. The van der Waals surface area contributed by atoms with Gasteiger partial charge in [-0.3, -0.25) is 14.6 Å². The van der Waals surface area contributed by atoms with Crippen molar-refractivity contribution in [3.63, 3.8) is 0 Å². The lowest BCUT2D eigenvalue weighted by atomic mass is 10.1. The Labute approximate surface area is 205 Å². The lowest BCUT2D eigenvalue weighted by Crippen LogP contribution is -2.39. The second-order valence-electron chi connectivity index (χ2n) is 8.73. The molecule has 0 saturated carbocycles. The molecule has 0 atom stereocenters. The quantitative estimate of drug-likeness (QED) is 0.444. The van der Waals surface area contributed by atoms with Crippen molar-refractivity contribution < 1.29 is 17.9 Å². The van der Waals surface area contributed by atoms with E-state index in [9.17, 15) is 13.2 Å². The molecule has 4 rings (SSSR count). The van der Waals surface area contributed by atoms with E-state index in [2.05, 4.69) is 4.90 Å². The molecule has 0 bridgehead atoms. The van der Waals surface area contributed by atoms with Gasteiger partial charge in [-0.1, -0.05) is 35.6 Å². The molecular weight excluding hydrogens is 470 g/mol. The number of rotatable bonds is 9. The number of ether oxygens (including phenoxy) is 1. The summed E-state index contributed by atoms with van der Waals surface area (Å²) in [4.78, 5) is 22.5. The second kappa shape index (κ2) is 10.9. The summed E-state index contributed by atoms with van der Waals surface area (Å²) in [6, 6.07) is 14.6. The van der Waals surface area contributed by atoms with Gasteiger partial charge in [-0.15, -0.1) is 0 Å². The largest absolute Gasteiger partial charge is 0.379 e. The van der Waals surface area contributed by atoms with Gasteiger partial charge in [0.1, 0.15) is 0 Å². The van der Waals surface area contributed by atoms with Crippen LogP contribution in [0.1, 0.15) is 25.8 Å². The van der Waals surface area contributed by atoms with Crippen LogP contribution in [0.2, 0.25) is 0 Å². The van der Waals surface area contributed by atoms with Gasteiger partial charge in [-0.25, -0.2) is 13.4 Å². The van der Waals surface area contributed by atoms with Crippen LogP contribution in [0.25, 0.3) is 10.2 Å². The summed E-state index contributed by atoms with van der Waals surface area (Å²) in [5, 5.41) is 0.216. The number of carbonyl (C=O) groups is 1. The SMILES string of the molecule is CC(C)S(=O)(=O)c1ccc(CC(=O)N(CCCN2CCOCC2)c2nc3ccccc3s2)cc1. The maximum atomic E-state index is 13.4. The van der Waals surface area contributed by atoms with Crippen molar-refractivity contribution in [2.45, 2.75) is 36.8 Å². The number of para-hydroxylation sites is 1. The number of nitrogens with zero attached hydrogens (tertiary/aromatic N) is 3. The number of morpholine rings is 1. The molecule has 1 aromatic heterocycles. The summed E-state index contributed by atoms with van der Waals surface area (Å²) in [6.45, 7) is 8.16. The Balaban J connectivity index is 1.49. The van der Waals surface area contributed by atoms with Gasteiger partial charge in [0.2, 0.25) is 5.91 Å². The van der Waals surface area contributed by atoms with Gasteiger partial charge in [-0.05, 0) is 50.1 Å². The standard InChI is InChI=1S/C25H31N3O4S2/c1-19(2)34(30,31)21-10-8-20(9-11-21)18-24(29)28(13-5-12-27-14-16-32-17-15-27)25-26-22-6-3-4-7-23(22)33-25/h3-4,6-11,19H,5,12-18H2,1-2H3. The van der Waals surface area contributed by atoms with Crippen LogP contribution in [0, 0.1) is 0 Å². The molecule has 2 heterocycles. The van der Waals surface area contributed by atoms with Crippen molar-refractivity contribution in [1.29, 1.82) is 0 Å². The Bertz CT molecular complexity index is 1180. The first-order valence-electron chi connectivity index (χ1n) is 11.6. The predicted octanol–water partition coefficient (Wildman–Crippen LogP) is 3.78. The van der Waals surface area contributed by atoms with Gasteiger partial charge in [0, 0.05) is 26.2 Å². The number of amides is 1. The first-order chi connectivity index (χ1) is 16.3. The summed E-state index contributed by atoms with van der Waals surface area (Å²) in [5.41, 5.74) is 1.67. The first kappa shape index (κ1) is 24.8. The average molecular weight is 502 g/mol.